The molecule has 3 N–H and O–H groups in total. The molecule has 0 aliphatic carbocycles. The van der Waals surface area contributed by atoms with Gasteiger partial charge in [-0.25, -0.2) is 0 Å². The molecular weight excluding hydrogens is 268 g/mol. The zero-order valence-electron chi connectivity index (χ0n) is 10.7. The Morgan fingerprint density at radius 2 is 2.05 bits per heavy atom. The van der Waals surface area contributed by atoms with Crippen molar-refractivity contribution in [2.45, 2.75) is 20.3 Å². The van der Waals surface area contributed by atoms with Gasteiger partial charge in [-0.2, -0.15) is 0 Å². The molecule has 1 unspecified atom stereocenters. The highest BCUT2D eigenvalue weighted by Gasteiger charge is 2.17. The van der Waals surface area contributed by atoms with Crippen LogP contribution < -0.4 is 10.6 Å². The average Bonchev–Trinajstić information content (AvgIpc) is 2.76. The first-order valence-corrected chi connectivity index (χ1v) is 6.64. The molecule has 1 atom stereocenters. The standard InChI is InChI=1S/C12H16N2O4S/c1-3-8(12(17)18)6-13-11(16)9-4-5-10(19-9)14-7(2)15/h4-5,8H,3,6H2,1-2H3,(H,13,16)(H,14,15)(H,17,18). The molecular formula is C12H16N2O4S. The van der Waals surface area contributed by atoms with Crippen molar-refractivity contribution >= 4 is 34.1 Å². The van der Waals surface area contributed by atoms with E-state index < -0.39 is 11.9 Å². The Hall–Kier alpha value is -1.89. The van der Waals surface area contributed by atoms with Crippen molar-refractivity contribution in [2.24, 2.45) is 5.92 Å². The summed E-state index contributed by atoms with van der Waals surface area (Å²) in [5.74, 6) is -2.04. The lowest BCUT2D eigenvalue weighted by molar-refractivity contribution is -0.141. The first kappa shape index (κ1) is 15.2. The summed E-state index contributed by atoms with van der Waals surface area (Å²) in [5, 5.41) is 14.6. The Kier molecular flexibility index (Phi) is 5.50. The normalized spacial score (nSPS) is 11.7. The van der Waals surface area contributed by atoms with Crippen LogP contribution in [0.1, 0.15) is 29.9 Å². The summed E-state index contributed by atoms with van der Waals surface area (Å²) in [6.07, 6.45) is 0.456. The first-order chi connectivity index (χ1) is 8.93. The first-order valence-electron chi connectivity index (χ1n) is 5.82. The van der Waals surface area contributed by atoms with Gasteiger partial charge in [-0.3, -0.25) is 14.4 Å². The molecule has 104 valence electrons. The zero-order valence-corrected chi connectivity index (χ0v) is 11.5. The number of amides is 2. The van der Waals surface area contributed by atoms with Crippen LogP contribution in [0.15, 0.2) is 12.1 Å². The van der Waals surface area contributed by atoms with Gasteiger partial charge in [-0.1, -0.05) is 6.92 Å². The van der Waals surface area contributed by atoms with Crippen LogP contribution in [0.5, 0.6) is 0 Å². The van der Waals surface area contributed by atoms with E-state index in [1.54, 1.807) is 19.1 Å². The minimum Gasteiger partial charge on any atom is -0.481 e. The Bertz CT molecular complexity index is 484. The Balaban J connectivity index is 2.56. The number of carbonyl (C=O) groups is 3. The summed E-state index contributed by atoms with van der Waals surface area (Å²) < 4.78 is 0. The van der Waals surface area contributed by atoms with Crippen molar-refractivity contribution < 1.29 is 19.5 Å². The van der Waals surface area contributed by atoms with Crippen LogP contribution in [-0.2, 0) is 9.59 Å². The fourth-order valence-electron chi connectivity index (χ4n) is 1.41. The van der Waals surface area contributed by atoms with Gasteiger partial charge in [0.1, 0.15) is 0 Å². The lowest BCUT2D eigenvalue weighted by Crippen LogP contribution is -2.32. The van der Waals surface area contributed by atoms with E-state index in [1.165, 1.54) is 6.92 Å². The van der Waals surface area contributed by atoms with Gasteiger partial charge in [0.25, 0.3) is 5.91 Å². The van der Waals surface area contributed by atoms with Crippen LogP contribution in [-0.4, -0.2) is 29.4 Å². The summed E-state index contributed by atoms with van der Waals surface area (Å²) >= 11 is 1.15. The van der Waals surface area contributed by atoms with Crippen molar-refractivity contribution in [3.05, 3.63) is 17.0 Å². The largest absolute Gasteiger partial charge is 0.481 e. The van der Waals surface area contributed by atoms with Crippen LogP contribution in [0.3, 0.4) is 0 Å². The number of hydrogen-bond acceptors (Lipinski definition) is 4. The number of hydrogen-bond donors (Lipinski definition) is 3. The minimum absolute atomic E-state index is 0.0953. The summed E-state index contributed by atoms with van der Waals surface area (Å²) in [6.45, 7) is 3.24. The molecule has 0 radical (unpaired) electrons. The van der Waals surface area contributed by atoms with Crippen molar-refractivity contribution in [2.75, 3.05) is 11.9 Å². The minimum atomic E-state index is -0.923. The highest BCUT2D eigenvalue weighted by atomic mass is 32.1. The van der Waals surface area contributed by atoms with Gasteiger partial charge < -0.3 is 15.7 Å². The third-order valence-corrected chi connectivity index (χ3v) is 3.48. The van der Waals surface area contributed by atoms with E-state index in [9.17, 15) is 14.4 Å². The number of rotatable bonds is 6. The summed E-state index contributed by atoms with van der Waals surface area (Å²) in [5.41, 5.74) is 0. The molecule has 7 heteroatoms. The maximum atomic E-state index is 11.8. The predicted molar refractivity (Wildman–Crippen MR) is 72.4 cm³/mol. The van der Waals surface area contributed by atoms with Gasteiger partial charge in [0.05, 0.1) is 15.8 Å². The Morgan fingerprint density at radius 1 is 1.37 bits per heavy atom. The molecule has 0 saturated heterocycles. The second-order valence-electron chi connectivity index (χ2n) is 4.00. The molecule has 0 saturated carbocycles. The molecule has 1 aromatic rings. The lowest BCUT2D eigenvalue weighted by Gasteiger charge is -2.10. The van der Waals surface area contributed by atoms with Crippen LogP contribution in [0.2, 0.25) is 0 Å². The smallest absolute Gasteiger partial charge is 0.308 e. The number of thiophene rings is 1. The van der Waals surface area contributed by atoms with E-state index in [1.807, 2.05) is 0 Å². The number of aliphatic carboxylic acids is 1. The number of nitrogens with one attached hydrogen (secondary N) is 2. The molecule has 1 aromatic heterocycles. The molecule has 2 amide bonds. The van der Waals surface area contributed by atoms with Gasteiger partial charge in [-0.15, -0.1) is 11.3 Å². The van der Waals surface area contributed by atoms with Gasteiger partial charge in [-0.05, 0) is 18.6 Å². The number of anilines is 1. The van der Waals surface area contributed by atoms with Gasteiger partial charge in [0.15, 0.2) is 0 Å². The van der Waals surface area contributed by atoms with Crippen LogP contribution in [0.4, 0.5) is 5.00 Å². The van der Waals surface area contributed by atoms with Gasteiger partial charge in [0, 0.05) is 13.5 Å². The third-order valence-electron chi connectivity index (χ3n) is 2.48. The quantitative estimate of drug-likeness (QED) is 0.738. The molecule has 0 aliphatic rings. The van der Waals surface area contributed by atoms with Gasteiger partial charge in [0.2, 0.25) is 5.91 Å². The van der Waals surface area contributed by atoms with E-state index in [0.717, 1.165) is 11.3 Å². The second-order valence-corrected chi connectivity index (χ2v) is 5.08. The summed E-state index contributed by atoms with van der Waals surface area (Å²) in [6, 6.07) is 3.22. The average molecular weight is 284 g/mol. The van der Waals surface area contributed by atoms with Gasteiger partial charge >= 0.3 is 5.97 Å². The fourth-order valence-corrected chi connectivity index (χ4v) is 2.28. The number of carboxylic acids is 1. The fraction of sp³-hybridized carbons (Fsp3) is 0.417. The number of carbonyl (C=O) groups excluding carboxylic acids is 2. The SMILES string of the molecule is CCC(CNC(=O)c1ccc(NC(C)=O)s1)C(=O)O. The molecule has 0 fully saturated rings. The molecule has 0 bridgehead atoms. The molecule has 6 nitrogen and oxygen atoms in total. The Morgan fingerprint density at radius 3 is 2.58 bits per heavy atom. The molecule has 1 rings (SSSR count). The molecule has 1 heterocycles. The van der Waals surface area contributed by atoms with E-state index in [0.29, 0.717) is 16.3 Å². The monoisotopic (exact) mass is 284 g/mol. The van der Waals surface area contributed by atoms with E-state index in [2.05, 4.69) is 10.6 Å². The second kappa shape index (κ2) is 6.89. The van der Waals surface area contributed by atoms with E-state index >= 15 is 0 Å². The molecule has 0 aliphatic heterocycles. The lowest BCUT2D eigenvalue weighted by atomic mass is 10.1. The van der Waals surface area contributed by atoms with Crippen molar-refractivity contribution in [3.63, 3.8) is 0 Å². The van der Waals surface area contributed by atoms with Crippen LogP contribution in [0, 0.1) is 5.92 Å². The van der Waals surface area contributed by atoms with Crippen molar-refractivity contribution in [3.8, 4) is 0 Å². The van der Waals surface area contributed by atoms with Crippen molar-refractivity contribution in [1.82, 2.24) is 5.32 Å². The molecule has 0 aromatic carbocycles. The van der Waals surface area contributed by atoms with Crippen molar-refractivity contribution in [1.29, 1.82) is 0 Å². The van der Waals surface area contributed by atoms with E-state index in [4.69, 9.17) is 5.11 Å². The maximum absolute atomic E-state index is 11.8. The summed E-state index contributed by atoms with van der Waals surface area (Å²) in [7, 11) is 0. The summed E-state index contributed by atoms with van der Waals surface area (Å²) in [4.78, 5) is 33.9. The number of carboxylic acid groups (broad SMARTS) is 1. The van der Waals surface area contributed by atoms with E-state index in [-0.39, 0.29) is 18.4 Å². The topological polar surface area (TPSA) is 95.5 Å². The highest BCUT2D eigenvalue weighted by molar-refractivity contribution is 7.18. The van der Waals surface area contributed by atoms with Crippen LogP contribution >= 0.6 is 11.3 Å². The highest BCUT2D eigenvalue weighted by Crippen LogP contribution is 2.21. The Labute approximate surface area is 114 Å². The van der Waals surface area contributed by atoms with Crippen LogP contribution in [0.25, 0.3) is 0 Å². The molecule has 19 heavy (non-hydrogen) atoms. The predicted octanol–water partition coefficient (Wildman–Crippen LogP) is 1.55. The molecule has 0 spiro atoms. The maximum Gasteiger partial charge on any atom is 0.308 e. The zero-order chi connectivity index (χ0) is 14.4. The third kappa shape index (κ3) is 4.70.